The molecule has 1 saturated heterocycles. The molecule has 7 heteroatoms. The van der Waals surface area contributed by atoms with Crippen LogP contribution in [0.5, 0.6) is 0 Å². The third-order valence-electron chi connectivity index (χ3n) is 6.78. The van der Waals surface area contributed by atoms with Crippen LogP contribution in [0.2, 0.25) is 0 Å². The molecule has 32 heavy (non-hydrogen) atoms. The van der Waals surface area contributed by atoms with E-state index >= 15 is 0 Å². The minimum absolute atomic E-state index is 0.0956. The minimum atomic E-state index is -0.213. The van der Waals surface area contributed by atoms with Gasteiger partial charge in [-0.05, 0) is 54.2 Å². The molecule has 0 spiro atoms. The maximum absolute atomic E-state index is 12.9. The average molecular weight is 424 g/mol. The topological polar surface area (TPSA) is 92.3 Å². The molecule has 2 fully saturated rings. The average Bonchev–Trinajstić information content (AvgIpc) is 3.48. The van der Waals surface area contributed by atoms with Crippen molar-refractivity contribution in [2.45, 2.75) is 12.8 Å². The summed E-state index contributed by atoms with van der Waals surface area (Å²) in [6.45, 7) is 0. The van der Waals surface area contributed by atoms with E-state index in [1.807, 2.05) is 6.07 Å². The normalized spacial score (nSPS) is 25.6. The molecule has 3 aliphatic rings. The minimum Gasteiger partial charge on any atom is -0.326 e. The molecule has 1 N–H and O–H groups in total. The number of hydrogen-bond acceptors (Lipinski definition) is 5. The van der Waals surface area contributed by atoms with Gasteiger partial charge in [0, 0.05) is 18.1 Å². The molecule has 2 bridgehead atoms. The number of carbonyl (C=O) groups is 3. The smallest absolute Gasteiger partial charge is 0.238 e. The lowest BCUT2D eigenvalue weighted by molar-refractivity contribution is -0.123. The van der Waals surface area contributed by atoms with Gasteiger partial charge in [0.15, 0.2) is 0 Å². The first-order valence-electron chi connectivity index (χ1n) is 10.7. The van der Waals surface area contributed by atoms with Gasteiger partial charge in [0.25, 0.3) is 0 Å². The van der Waals surface area contributed by atoms with Crippen molar-refractivity contribution in [2.75, 3.05) is 10.2 Å². The number of fused-ring (bicyclic) bond motifs is 6. The lowest BCUT2D eigenvalue weighted by atomic mass is 9.85. The molecule has 1 aliphatic heterocycles. The van der Waals surface area contributed by atoms with Crippen LogP contribution in [0.25, 0.3) is 11.0 Å². The number of nitrogens with one attached hydrogen (secondary N) is 1. The number of allylic oxidation sites excluding steroid dienone is 2. The zero-order chi connectivity index (χ0) is 21.8. The van der Waals surface area contributed by atoms with E-state index in [4.69, 9.17) is 0 Å². The summed E-state index contributed by atoms with van der Waals surface area (Å²) in [5.41, 5.74) is 3.50. The number of anilines is 2. The van der Waals surface area contributed by atoms with Gasteiger partial charge in [0.1, 0.15) is 0 Å². The summed E-state index contributed by atoms with van der Waals surface area (Å²) in [4.78, 5) is 48.2. The second kappa shape index (κ2) is 7.09. The van der Waals surface area contributed by atoms with E-state index in [0.29, 0.717) is 16.9 Å². The Bertz CT molecular complexity index is 1270. The van der Waals surface area contributed by atoms with E-state index in [0.717, 1.165) is 17.5 Å². The Balaban J connectivity index is 1.14. The number of carbonyl (C=O) groups excluding carboxylic acids is 3. The Morgan fingerprint density at radius 2 is 1.56 bits per heavy atom. The van der Waals surface area contributed by atoms with Crippen molar-refractivity contribution in [2.24, 2.45) is 23.7 Å². The van der Waals surface area contributed by atoms with Gasteiger partial charge in [-0.25, -0.2) is 0 Å². The van der Waals surface area contributed by atoms with Gasteiger partial charge in [-0.15, -0.1) is 0 Å². The molecule has 2 heterocycles. The number of rotatable bonds is 4. The number of hydrogen-bond donors (Lipinski definition) is 1. The maximum atomic E-state index is 12.9. The summed E-state index contributed by atoms with van der Waals surface area (Å²) in [5.74, 6) is -0.398. The highest BCUT2D eigenvalue weighted by molar-refractivity contribution is 6.22. The van der Waals surface area contributed by atoms with Gasteiger partial charge in [-0.1, -0.05) is 24.3 Å². The van der Waals surface area contributed by atoms with Gasteiger partial charge >= 0.3 is 0 Å². The van der Waals surface area contributed by atoms with E-state index in [-0.39, 0.29) is 47.8 Å². The molecule has 1 saturated carbocycles. The highest BCUT2D eigenvalue weighted by Crippen LogP contribution is 2.53. The van der Waals surface area contributed by atoms with E-state index in [1.54, 1.807) is 48.8 Å². The lowest BCUT2D eigenvalue weighted by Gasteiger charge is -2.17. The van der Waals surface area contributed by atoms with Crippen LogP contribution in [0, 0.1) is 23.7 Å². The van der Waals surface area contributed by atoms with Crippen LogP contribution < -0.4 is 10.2 Å². The van der Waals surface area contributed by atoms with Crippen LogP contribution in [0.15, 0.2) is 67.0 Å². The molecule has 1 aromatic heterocycles. The molecule has 7 nitrogen and oxygen atoms in total. The molecule has 2 aromatic carbocycles. The molecule has 4 unspecified atom stereocenters. The standard InChI is InChI=1S/C25H20N4O3/c30-21(28-17-5-8-19-20(13-17)27-10-9-26-19)11-14-1-6-18(7-2-14)29-24(31)22-15-3-4-16(12-15)23(22)25(29)32/h1-10,13,15-16,22-23H,11-12H2,(H,28,30). The fraction of sp³-hybridized carbons (Fsp3) is 0.240. The summed E-state index contributed by atoms with van der Waals surface area (Å²) < 4.78 is 0. The van der Waals surface area contributed by atoms with Crippen molar-refractivity contribution < 1.29 is 14.4 Å². The zero-order valence-electron chi connectivity index (χ0n) is 17.1. The fourth-order valence-electron chi connectivity index (χ4n) is 5.35. The van der Waals surface area contributed by atoms with Gasteiger partial charge in [-0.3, -0.25) is 29.3 Å². The van der Waals surface area contributed by atoms with Crippen molar-refractivity contribution in [3.8, 4) is 0 Å². The van der Waals surface area contributed by atoms with Gasteiger partial charge in [0.05, 0.1) is 35.0 Å². The maximum Gasteiger partial charge on any atom is 0.238 e. The largest absolute Gasteiger partial charge is 0.326 e. The van der Waals surface area contributed by atoms with Gasteiger partial charge in [0.2, 0.25) is 17.7 Å². The molecule has 4 atom stereocenters. The first-order chi connectivity index (χ1) is 15.6. The molecule has 3 amide bonds. The van der Waals surface area contributed by atoms with Crippen LogP contribution in [-0.4, -0.2) is 27.7 Å². The summed E-state index contributed by atoms with van der Waals surface area (Å²) in [6, 6.07) is 12.5. The molecular formula is C25H20N4O3. The van der Waals surface area contributed by atoms with Crippen LogP contribution in [-0.2, 0) is 20.8 Å². The third-order valence-corrected chi connectivity index (χ3v) is 6.78. The Hall–Kier alpha value is -3.87. The molecule has 3 aromatic rings. The summed E-state index contributed by atoms with van der Waals surface area (Å²) in [5, 5.41) is 2.88. The van der Waals surface area contributed by atoms with E-state index < -0.39 is 0 Å². The Labute approximate surface area is 184 Å². The predicted octanol–water partition coefficient (Wildman–Crippen LogP) is 3.12. The molecular weight excluding hydrogens is 404 g/mol. The Morgan fingerprint density at radius 3 is 2.25 bits per heavy atom. The Morgan fingerprint density at radius 1 is 0.906 bits per heavy atom. The molecule has 0 radical (unpaired) electrons. The second-order valence-corrected chi connectivity index (χ2v) is 8.66. The first kappa shape index (κ1) is 18.9. The summed E-state index contributed by atoms with van der Waals surface area (Å²) in [6.07, 6.45) is 8.51. The Kier molecular flexibility index (Phi) is 4.18. The van der Waals surface area contributed by atoms with Crippen molar-refractivity contribution in [1.29, 1.82) is 0 Å². The number of imide groups is 1. The highest BCUT2D eigenvalue weighted by Gasteiger charge is 2.59. The van der Waals surface area contributed by atoms with Crippen molar-refractivity contribution in [1.82, 2.24) is 9.97 Å². The monoisotopic (exact) mass is 424 g/mol. The van der Waals surface area contributed by atoms with E-state index in [2.05, 4.69) is 27.4 Å². The quantitative estimate of drug-likeness (QED) is 0.513. The van der Waals surface area contributed by atoms with E-state index in [9.17, 15) is 14.4 Å². The number of aromatic nitrogens is 2. The molecule has 2 aliphatic carbocycles. The molecule has 6 rings (SSSR count). The molecule has 158 valence electrons. The zero-order valence-corrected chi connectivity index (χ0v) is 17.1. The van der Waals surface area contributed by atoms with Crippen molar-refractivity contribution in [3.63, 3.8) is 0 Å². The van der Waals surface area contributed by atoms with Crippen LogP contribution >= 0.6 is 0 Å². The highest BCUT2D eigenvalue weighted by atomic mass is 16.2. The van der Waals surface area contributed by atoms with Crippen molar-refractivity contribution in [3.05, 3.63) is 72.6 Å². The third kappa shape index (κ3) is 2.92. The van der Waals surface area contributed by atoms with Crippen LogP contribution in [0.4, 0.5) is 11.4 Å². The van der Waals surface area contributed by atoms with Gasteiger partial charge < -0.3 is 5.32 Å². The van der Waals surface area contributed by atoms with Gasteiger partial charge in [-0.2, -0.15) is 0 Å². The second-order valence-electron chi connectivity index (χ2n) is 8.66. The summed E-state index contributed by atoms with van der Waals surface area (Å²) in [7, 11) is 0. The lowest BCUT2D eigenvalue weighted by Crippen LogP contribution is -2.32. The number of amides is 3. The van der Waals surface area contributed by atoms with Crippen LogP contribution in [0.1, 0.15) is 12.0 Å². The fourth-order valence-corrected chi connectivity index (χ4v) is 5.35. The van der Waals surface area contributed by atoms with Crippen molar-refractivity contribution >= 4 is 40.1 Å². The SMILES string of the molecule is O=C(Cc1ccc(N2C(=O)C3C4C=CC(C4)C3C2=O)cc1)Nc1ccc2nccnc2c1. The number of benzene rings is 2. The number of nitrogens with zero attached hydrogens (tertiary/aromatic N) is 3. The van der Waals surface area contributed by atoms with Crippen LogP contribution in [0.3, 0.4) is 0 Å². The van der Waals surface area contributed by atoms with E-state index in [1.165, 1.54) is 4.90 Å². The summed E-state index contributed by atoms with van der Waals surface area (Å²) >= 11 is 0. The predicted molar refractivity (Wildman–Crippen MR) is 119 cm³/mol. The first-order valence-corrected chi connectivity index (χ1v) is 10.7.